The van der Waals surface area contributed by atoms with Crippen molar-refractivity contribution in [2.75, 3.05) is 38.3 Å². The molecular formula is C15H17N3O4. The Kier molecular flexibility index (Phi) is 3.81. The van der Waals surface area contributed by atoms with Crippen molar-refractivity contribution < 1.29 is 19.1 Å². The molecular weight excluding hydrogens is 286 g/mol. The van der Waals surface area contributed by atoms with Crippen molar-refractivity contribution in [1.29, 1.82) is 0 Å². The number of benzene rings is 1. The maximum atomic E-state index is 12.3. The predicted molar refractivity (Wildman–Crippen MR) is 78.1 cm³/mol. The van der Waals surface area contributed by atoms with Gasteiger partial charge in [0.1, 0.15) is 6.04 Å². The third-order valence-electron chi connectivity index (χ3n) is 3.95. The third-order valence-corrected chi connectivity index (χ3v) is 3.95. The summed E-state index contributed by atoms with van der Waals surface area (Å²) in [6.07, 6.45) is 0. The van der Waals surface area contributed by atoms with Gasteiger partial charge in [0.05, 0.1) is 13.2 Å². The fourth-order valence-electron chi connectivity index (χ4n) is 2.72. The number of carbonyl (C=O) groups is 3. The van der Waals surface area contributed by atoms with Gasteiger partial charge in [-0.25, -0.2) is 0 Å². The topological polar surface area (TPSA) is 79.0 Å². The van der Waals surface area contributed by atoms with Gasteiger partial charge in [0, 0.05) is 31.4 Å². The molecule has 0 aromatic heterocycles. The zero-order valence-corrected chi connectivity index (χ0v) is 12.2. The van der Waals surface area contributed by atoms with E-state index in [1.54, 1.807) is 19.2 Å². The van der Waals surface area contributed by atoms with Crippen LogP contribution in [0.15, 0.2) is 24.3 Å². The maximum Gasteiger partial charge on any atom is 0.312 e. The molecule has 2 aliphatic rings. The van der Waals surface area contributed by atoms with Crippen molar-refractivity contribution in [2.45, 2.75) is 6.04 Å². The van der Waals surface area contributed by atoms with Gasteiger partial charge in [-0.3, -0.25) is 14.4 Å². The molecule has 0 saturated carbocycles. The Balaban J connectivity index is 1.74. The number of likely N-dealkylation sites (N-methyl/N-ethyl adjacent to an activating group) is 1. The Labute approximate surface area is 127 Å². The van der Waals surface area contributed by atoms with Crippen LogP contribution in [-0.4, -0.2) is 56.0 Å². The number of amides is 3. The van der Waals surface area contributed by atoms with Crippen LogP contribution in [0, 0.1) is 0 Å². The first-order chi connectivity index (χ1) is 10.6. The van der Waals surface area contributed by atoms with Gasteiger partial charge in [-0.15, -0.1) is 0 Å². The van der Waals surface area contributed by atoms with Gasteiger partial charge in [0.25, 0.3) is 5.91 Å². The van der Waals surface area contributed by atoms with Gasteiger partial charge >= 0.3 is 11.8 Å². The molecule has 0 radical (unpaired) electrons. The number of carbonyl (C=O) groups excluding carboxylic acids is 3. The summed E-state index contributed by atoms with van der Waals surface area (Å²) in [6, 6.07) is 6.41. The number of anilines is 1. The molecule has 3 rings (SSSR count). The number of para-hydroxylation sites is 1. The zero-order valence-electron chi connectivity index (χ0n) is 12.2. The molecule has 0 spiro atoms. The first-order valence-corrected chi connectivity index (χ1v) is 7.13. The van der Waals surface area contributed by atoms with E-state index in [1.165, 1.54) is 9.80 Å². The summed E-state index contributed by atoms with van der Waals surface area (Å²) in [5.41, 5.74) is 1.45. The second-order valence-corrected chi connectivity index (χ2v) is 5.27. The minimum Gasteiger partial charge on any atom is -0.378 e. The van der Waals surface area contributed by atoms with E-state index < -0.39 is 17.9 Å². The van der Waals surface area contributed by atoms with Crippen molar-refractivity contribution in [3.8, 4) is 0 Å². The van der Waals surface area contributed by atoms with Crippen LogP contribution in [0.5, 0.6) is 0 Å². The number of nitrogens with one attached hydrogen (secondary N) is 1. The monoisotopic (exact) mass is 303 g/mol. The molecule has 1 unspecified atom stereocenters. The number of fused-ring (bicyclic) bond motifs is 1. The van der Waals surface area contributed by atoms with Crippen LogP contribution in [0.4, 0.5) is 5.69 Å². The lowest BCUT2D eigenvalue weighted by atomic mass is 10.1. The van der Waals surface area contributed by atoms with Crippen molar-refractivity contribution in [1.82, 2.24) is 10.2 Å². The van der Waals surface area contributed by atoms with Gasteiger partial charge in [-0.1, -0.05) is 18.2 Å². The fraction of sp³-hybridized carbons (Fsp3) is 0.400. The molecule has 3 amide bonds. The van der Waals surface area contributed by atoms with E-state index in [4.69, 9.17) is 4.74 Å². The Morgan fingerprint density at radius 2 is 1.91 bits per heavy atom. The van der Waals surface area contributed by atoms with E-state index in [1.807, 2.05) is 12.1 Å². The molecule has 22 heavy (non-hydrogen) atoms. The van der Waals surface area contributed by atoms with Gasteiger partial charge in [0.15, 0.2) is 0 Å². The Hall–Kier alpha value is -2.41. The molecule has 7 heteroatoms. The Bertz CT molecular complexity index is 625. The van der Waals surface area contributed by atoms with E-state index in [0.29, 0.717) is 31.9 Å². The Morgan fingerprint density at radius 3 is 2.64 bits per heavy atom. The average Bonchev–Trinajstić information content (AvgIpc) is 2.80. The first-order valence-electron chi connectivity index (χ1n) is 7.13. The molecule has 1 saturated heterocycles. The summed E-state index contributed by atoms with van der Waals surface area (Å²) >= 11 is 0. The molecule has 1 aromatic carbocycles. The van der Waals surface area contributed by atoms with E-state index in [9.17, 15) is 14.4 Å². The first kappa shape index (κ1) is 14.5. The van der Waals surface area contributed by atoms with Crippen LogP contribution in [0.1, 0.15) is 11.6 Å². The van der Waals surface area contributed by atoms with E-state index >= 15 is 0 Å². The van der Waals surface area contributed by atoms with Crippen molar-refractivity contribution in [3.05, 3.63) is 29.8 Å². The van der Waals surface area contributed by atoms with E-state index in [2.05, 4.69) is 5.32 Å². The molecule has 1 fully saturated rings. The summed E-state index contributed by atoms with van der Waals surface area (Å²) in [5, 5.41) is 2.55. The smallest absolute Gasteiger partial charge is 0.312 e. The highest BCUT2D eigenvalue weighted by atomic mass is 16.5. The lowest BCUT2D eigenvalue weighted by Crippen LogP contribution is -2.49. The van der Waals surface area contributed by atoms with E-state index in [-0.39, 0.29) is 5.91 Å². The van der Waals surface area contributed by atoms with Crippen LogP contribution in [-0.2, 0) is 19.1 Å². The van der Waals surface area contributed by atoms with Crippen molar-refractivity contribution in [2.24, 2.45) is 0 Å². The lowest BCUT2D eigenvalue weighted by Gasteiger charge is -2.26. The molecule has 0 bridgehead atoms. The molecule has 1 aromatic rings. The largest absolute Gasteiger partial charge is 0.378 e. The van der Waals surface area contributed by atoms with Gasteiger partial charge in [0.2, 0.25) is 0 Å². The standard InChI is InChI=1S/C15H17N3O4/c1-17-11-5-3-2-4-10(11)12(14(17)20)16-13(19)15(21)18-6-8-22-9-7-18/h2-5,12H,6-9H2,1H3,(H,16,19). The van der Waals surface area contributed by atoms with Gasteiger partial charge < -0.3 is 19.9 Å². The Morgan fingerprint density at radius 1 is 1.23 bits per heavy atom. The summed E-state index contributed by atoms with van der Waals surface area (Å²) in [4.78, 5) is 39.5. The molecule has 116 valence electrons. The van der Waals surface area contributed by atoms with Gasteiger partial charge in [-0.05, 0) is 6.07 Å². The van der Waals surface area contributed by atoms with E-state index in [0.717, 1.165) is 5.69 Å². The maximum absolute atomic E-state index is 12.3. The van der Waals surface area contributed by atoms with Crippen LogP contribution in [0.25, 0.3) is 0 Å². The minimum atomic E-state index is -0.807. The fourth-order valence-corrected chi connectivity index (χ4v) is 2.72. The predicted octanol–water partition coefficient (Wildman–Crippen LogP) is -0.321. The second-order valence-electron chi connectivity index (χ2n) is 5.27. The van der Waals surface area contributed by atoms with Crippen LogP contribution in [0.3, 0.4) is 0 Å². The van der Waals surface area contributed by atoms with Crippen LogP contribution >= 0.6 is 0 Å². The molecule has 1 N–H and O–H groups in total. The lowest BCUT2D eigenvalue weighted by molar-refractivity contribution is -0.149. The quantitative estimate of drug-likeness (QED) is 0.721. The number of rotatable bonds is 1. The summed E-state index contributed by atoms with van der Waals surface area (Å²) in [6.45, 7) is 1.63. The van der Waals surface area contributed by atoms with Crippen molar-refractivity contribution in [3.63, 3.8) is 0 Å². The highest BCUT2D eigenvalue weighted by Gasteiger charge is 2.37. The highest BCUT2D eigenvalue weighted by Crippen LogP contribution is 2.34. The van der Waals surface area contributed by atoms with Crippen LogP contribution < -0.4 is 10.2 Å². The summed E-state index contributed by atoms with van der Waals surface area (Å²) in [5.74, 6) is -1.63. The summed E-state index contributed by atoms with van der Waals surface area (Å²) < 4.78 is 5.15. The minimum absolute atomic E-state index is 0.246. The van der Waals surface area contributed by atoms with Crippen LogP contribution in [0.2, 0.25) is 0 Å². The molecule has 2 heterocycles. The zero-order chi connectivity index (χ0) is 15.7. The number of ether oxygens (including phenoxy) is 1. The molecule has 0 aliphatic carbocycles. The molecule has 2 aliphatic heterocycles. The number of nitrogens with zero attached hydrogens (tertiary/aromatic N) is 2. The highest BCUT2D eigenvalue weighted by molar-refractivity contribution is 6.35. The average molecular weight is 303 g/mol. The number of morpholine rings is 1. The molecule has 7 nitrogen and oxygen atoms in total. The second kappa shape index (κ2) is 5.76. The third kappa shape index (κ3) is 2.43. The summed E-state index contributed by atoms with van der Waals surface area (Å²) in [7, 11) is 1.65. The normalized spacial score (nSPS) is 20.8. The number of hydrogen-bond acceptors (Lipinski definition) is 4. The van der Waals surface area contributed by atoms with Gasteiger partial charge in [-0.2, -0.15) is 0 Å². The van der Waals surface area contributed by atoms with Crippen molar-refractivity contribution >= 4 is 23.4 Å². The SMILES string of the molecule is CN1C(=O)C(NC(=O)C(=O)N2CCOCC2)c2ccccc21. The number of hydrogen-bond donors (Lipinski definition) is 1. The molecule has 1 atom stereocenters.